The number of carbonyl (C=O) groups excluding carboxylic acids is 2. The molecule has 0 aromatic heterocycles. The predicted molar refractivity (Wildman–Crippen MR) is 95.4 cm³/mol. The first-order chi connectivity index (χ1) is 13.1. The van der Waals surface area contributed by atoms with E-state index in [9.17, 15) is 14.7 Å². The number of rotatable bonds is 7. The van der Waals surface area contributed by atoms with Gasteiger partial charge in [0.25, 0.3) is 0 Å². The second-order valence-electron chi connectivity index (χ2n) is 6.38. The van der Waals surface area contributed by atoms with Gasteiger partial charge in [-0.25, -0.2) is 0 Å². The molecule has 1 atom stereocenters. The minimum Gasteiger partial charge on any atom is -0.454 e. The quantitative estimate of drug-likeness (QED) is 0.543. The average Bonchev–Trinajstić information content (AvgIpc) is 3.16. The average molecular weight is 379 g/mol. The van der Waals surface area contributed by atoms with Crippen LogP contribution in [-0.2, 0) is 14.3 Å². The molecular formula is C18H25N3O6. The standard InChI is InChI=1S/C18H25N3O6/c22-14(13-1-2-15-16(11-13)27-12-26-15)3-4-19-17(23)18(24)20-5-6-21-7-9-25-10-8-21/h1-2,11,14,22H,3-10,12H2,(H,19,23)(H,20,24). The highest BCUT2D eigenvalue weighted by Crippen LogP contribution is 2.34. The van der Waals surface area contributed by atoms with Gasteiger partial charge in [0.15, 0.2) is 11.5 Å². The number of morpholine rings is 1. The van der Waals surface area contributed by atoms with Crippen LogP contribution < -0.4 is 20.1 Å². The van der Waals surface area contributed by atoms with Crippen molar-refractivity contribution >= 4 is 11.8 Å². The Morgan fingerprint density at radius 3 is 2.56 bits per heavy atom. The summed E-state index contributed by atoms with van der Waals surface area (Å²) >= 11 is 0. The van der Waals surface area contributed by atoms with E-state index in [2.05, 4.69) is 15.5 Å². The largest absolute Gasteiger partial charge is 0.454 e. The fourth-order valence-electron chi connectivity index (χ4n) is 2.92. The summed E-state index contributed by atoms with van der Waals surface area (Å²) in [6, 6.07) is 5.20. The summed E-state index contributed by atoms with van der Waals surface area (Å²) in [6.07, 6.45) is -0.490. The molecule has 9 heteroatoms. The first kappa shape index (κ1) is 19.4. The SMILES string of the molecule is O=C(NCCC(O)c1ccc2c(c1)OCO2)C(=O)NCCN1CCOCC1. The zero-order valence-electron chi connectivity index (χ0n) is 15.1. The molecule has 3 N–H and O–H groups in total. The highest BCUT2D eigenvalue weighted by Gasteiger charge is 2.18. The lowest BCUT2D eigenvalue weighted by Crippen LogP contribution is -2.45. The van der Waals surface area contributed by atoms with Gasteiger partial charge in [-0.05, 0) is 24.1 Å². The molecule has 2 aliphatic heterocycles. The van der Waals surface area contributed by atoms with Gasteiger partial charge in [0.1, 0.15) is 0 Å². The lowest BCUT2D eigenvalue weighted by Gasteiger charge is -2.26. The molecule has 0 radical (unpaired) electrons. The summed E-state index contributed by atoms with van der Waals surface area (Å²) in [6.45, 7) is 4.51. The van der Waals surface area contributed by atoms with Crippen LogP contribution in [0.1, 0.15) is 18.1 Å². The van der Waals surface area contributed by atoms with Crippen LogP contribution >= 0.6 is 0 Å². The van der Waals surface area contributed by atoms with E-state index < -0.39 is 17.9 Å². The molecular weight excluding hydrogens is 354 g/mol. The Bertz CT molecular complexity index is 662. The molecule has 148 valence electrons. The first-order valence-corrected chi connectivity index (χ1v) is 9.07. The van der Waals surface area contributed by atoms with Gasteiger partial charge in [-0.15, -0.1) is 0 Å². The van der Waals surface area contributed by atoms with E-state index in [0.29, 0.717) is 43.4 Å². The number of amides is 2. The second-order valence-corrected chi connectivity index (χ2v) is 6.38. The molecule has 2 heterocycles. The minimum atomic E-state index is -0.774. The number of benzene rings is 1. The van der Waals surface area contributed by atoms with E-state index in [0.717, 1.165) is 13.1 Å². The maximum Gasteiger partial charge on any atom is 0.309 e. The van der Waals surface area contributed by atoms with Crippen LogP contribution in [0.2, 0.25) is 0 Å². The van der Waals surface area contributed by atoms with Crippen molar-refractivity contribution in [2.24, 2.45) is 0 Å². The molecule has 1 aromatic carbocycles. The molecule has 0 bridgehead atoms. The highest BCUT2D eigenvalue weighted by atomic mass is 16.7. The third kappa shape index (κ3) is 5.56. The number of fused-ring (bicyclic) bond motifs is 1. The normalized spacial score (nSPS) is 17.4. The number of hydrogen-bond donors (Lipinski definition) is 3. The molecule has 9 nitrogen and oxygen atoms in total. The van der Waals surface area contributed by atoms with Crippen molar-refractivity contribution in [2.75, 3.05) is 52.7 Å². The van der Waals surface area contributed by atoms with Crippen molar-refractivity contribution < 1.29 is 28.9 Å². The van der Waals surface area contributed by atoms with Crippen LogP contribution in [0.3, 0.4) is 0 Å². The van der Waals surface area contributed by atoms with Crippen molar-refractivity contribution in [1.29, 1.82) is 0 Å². The highest BCUT2D eigenvalue weighted by molar-refractivity contribution is 6.35. The molecule has 2 aliphatic rings. The molecule has 0 saturated carbocycles. The Morgan fingerprint density at radius 1 is 1.07 bits per heavy atom. The molecule has 2 amide bonds. The lowest BCUT2D eigenvalue weighted by atomic mass is 10.1. The number of aliphatic hydroxyl groups excluding tert-OH is 1. The molecule has 1 aromatic rings. The Kier molecular flexibility index (Phi) is 6.86. The molecule has 1 fully saturated rings. The predicted octanol–water partition coefficient (Wildman–Crippen LogP) is -0.597. The van der Waals surface area contributed by atoms with Gasteiger partial charge in [-0.1, -0.05) is 6.07 Å². The number of nitrogens with zero attached hydrogens (tertiary/aromatic N) is 1. The number of hydrogen-bond acceptors (Lipinski definition) is 7. The Balaban J connectivity index is 1.33. The van der Waals surface area contributed by atoms with Crippen LogP contribution in [-0.4, -0.2) is 74.6 Å². The van der Waals surface area contributed by atoms with Gasteiger partial charge in [0, 0.05) is 32.7 Å². The fraction of sp³-hybridized carbons (Fsp3) is 0.556. The Labute approximate surface area is 157 Å². The van der Waals surface area contributed by atoms with E-state index >= 15 is 0 Å². The van der Waals surface area contributed by atoms with Crippen molar-refractivity contribution in [3.05, 3.63) is 23.8 Å². The van der Waals surface area contributed by atoms with E-state index in [1.165, 1.54) is 0 Å². The van der Waals surface area contributed by atoms with Crippen molar-refractivity contribution in [2.45, 2.75) is 12.5 Å². The second kappa shape index (κ2) is 9.54. The van der Waals surface area contributed by atoms with E-state index in [4.69, 9.17) is 14.2 Å². The zero-order chi connectivity index (χ0) is 19.1. The first-order valence-electron chi connectivity index (χ1n) is 9.07. The molecule has 1 saturated heterocycles. The summed E-state index contributed by atoms with van der Waals surface area (Å²) in [4.78, 5) is 25.8. The number of nitrogens with one attached hydrogen (secondary N) is 2. The van der Waals surface area contributed by atoms with Gasteiger partial charge < -0.3 is 30.0 Å². The van der Waals surface area contributed by atoms with E-state index in [1.807, 2.05) is 0 Å². The monoisotopic (exact) mass is 379 g/mol. The minimum absolute atomic E-state index is 0.172. The van der Waals surface area contributed by atoms with Crippen LogP contribution in [0.5, 0.6) is 11.5 Å². The maximum atomic E-state index is 11.8. The van der Waals surface area contributed by atoms with E-state index in [1.54, 1.807) is 18.2 Å². The number of ether oxygens (including phenoxy) is 3. The van der Waals surface area contributed by atoms with Crippen LogP contribution in [0, 0.1) is 0 Å². The summed E-state index contributed by atoms with van der Waals surface area (Å²) in [5.41, 5.74) is 0.670. The van der Waals surface area contributed by atoms with Crippen LogP contribution in [0.4, 0.5) is 0 Å². The smallest absolute Gasteiger partial charge is 0.309 e. The third-order valence-electron chi connectivity index (χ3n) is 4.51. The van der Waals surface area contributed by atoms with Gasteiger partial charge in [-0.3, -0.25) is 14.5 Å². The zero-order valence-corrected chi connectivity index (χ0v) is 15.1. The maximum absolute atomic E-state index is 11.8. The van der Waals surface area contributed by atoms with Gasteiger partial charge in [-0.2, -0.15) is 0 Å². The summed E-state index contributed by atoms with van der Waals surface area (Å²) in [5.74, 6) is -0.126. The topological polar surface area (TPSA) is 109 Å². The third-order valence-corrected chi connectivity index (χ3v) is 4.51. The van der Waals surface area contributed by atoms with Crippen molar-refractivity contribution in [1.82, 2.24) is 15.5 Å². The Morgan fingerprint density at radius 2 is 1.78 bits per heavy atom. The number of aliphatic hydroxyl groups is 1. The summed E-state index contributed by atoms with van der Waals surface area (Å²) in [7, 11) is 0. The van der Waals surface area contributed by atoms with Crippen LogP contribution in [0.15, 0.2) is 18.2 Å². The summed E-state index contributed by atoms with van der Waals surface area (Å²) < 4.78 is 15.8. The van der Waals surface area contributed by atoms with Crippen molar-refractivity contribution in [3.8, 4) is 11.5 Å². The molecule has 0 spiro atoms. The molecule has 27 heavy (non-hydrogen) atoms. The Hall–Kier alpha value is -2.36. The lowest BCUT2D eigenvalue weighted by molar-refractivity contribution is -0.139. The van der Waals surface area contributed by atoms with Gasteiger partial charge >= 0.3 is 11.8 Å². The fourth-order valence-corrected chi connectivity index (χ4v) is 2.92. The van der Waals surface area contributed by atoms with Gasteiger partial charge in [0.05, 0.1) is 19.3 Å². The molecule has 0 aliphatic carbocycles. The van der Waals surface area contributed by atoms with Gasteiger partial charge in [0.2, 0.25) is 6.79 Å². The number of carbonyl (C=O) groups is 2. The summed E-state index contributed by atoms with van der Waals surface area (Å²) in [5, 5.41) is 15.3. The van der Waals surface area contributed by atoms with E-state index in [-0.39, 0.29) is 19.8 Å². The molecule has 3 rings (SSSR count). The van der Waals surface area contributed by atoms with Crippen LogP contribution in [0.25, 0.3) is 0 Å². The molecule has 1 unspecified atom stereocenters. The van der Waals surface area contributed by atoms with Crippen molar-refractivity contribution in [3.63, 3.8) is 0 Å².